The second-order valence-corrected chi connectivity index (χ2v) is 7.28. The fraction of sp³-hybridized carbons (Fsp3) is 0.263. The first-order valence-electron chi connectivity index (χ1n) is 8.02. The highest BCUT2D eigenvalue weighted by Gasteiger charge is 2.23. The molecule has 2 heterocycles. The molecule has 1 N–H and O–H groups in total. The Morgan fingerprint density at radius 2 is 1.96 bits per heavy atom. The Kier molecular flexibility index (Phi) is 4.53. The first-order valence-corrected chi connectivity index (χ1v) is 8.90. The minimum atomic E-state index is -0.258. The van der Waals surface area contributed by atoms with Crippen molar-refractivity contribution in [2.75, 3.05) is 0 Å². The largest absolute Gasteiger partial charge is 0.346 e. The fourth-order valence-electron chi connectivity index (χ4n) is 2.31. The Balaban J connectivity index is 2.05. The standard InChI is InChI=1S/C19H21N3OS/c1-4-19(2,3)20-18(23)16-13-15(17-11-8-12-24-17)21-22(16)14-9-6-5-7-10-14/h5-13H,4H2,1-3H3,(H,20,23). The van der Waals surface area contributed by atoms with Crippen LogP contribution in [0.15, 0.2) is 53.9 Å². The molecule has 5 heteroatoms. The summed E-state index contributed by atoms with van der Waals surface area (Å²) in [7, 11) is 0. The minimum absolute atomic E-state index is 0.110. The second-order valence-electron chi connectivity index (χ2n) is 6.33. The van der Waals surface area contributed by atoms with E-state index in [1.165, 1.54) is 0 Å². The van der Waals surface area contributed by atoms with Crippen molar-refractivity contribution in [1.29, 1.82) is 0 Å². The van der Waals surface area contributed by atoms with E-state index in [4.69, 9.17) is 0 Å². The van der Waals surface area contributed by atoms with Gasteiger partial charge in [-0.3, -0.25) is 4.79 Å². The molecule has 0 saturated carbocycles. The van der Waals surface area contributed by atoms with Crippen LogP contribution in [0.1, 0.15) is 37.7 Å². The summed E-state index contributed by atoms with van der Waals surface area (Å²) in [5.74, 6) is -0.110. The minimum Gasteiger partial charge on any atom is -0.346 e. The van der Waals surface area contributed by atoms with Gasteiger partial charge in [0.1, 0.15) is 11.4 Å². The predicted octanol–water partition coefficient (Wildman–Crippen LogP) is 4.52. The highest BCUT2D eigenvalue weighted by molar-refractivity contribution is 7.13. The van der Waals surface area contributed by atoms with E-state index >= 15 is 0 Å². The molecule has 4 nitrogen and oxygen atoms in total. The molecule has 3 rings (SSSR count). The molecule has 3 aromatic rings. The van der Waals surface area contributed by atoms with Crippen molar-refractivity contribution in [3.63, 3.8) is 0 Å². The zero-order chi connectivity index (χ0) is 17.2. The summed E-state index contributed by atoms with van der Waals surface area (Å²) in [6, 6.07) is 15.6. The maximum Gasteiger partial charge on any atom is 0.270 e. The average Bonchev–Trinajstić information content (AvgIpc) is 3.24. The van der Waals surface area contributed by atoms with E-state index in [1.807, 2.05) is 67.8 Å². The first-order chi connectivity index (χ1) is 11.5. The third kappa shape index (κ3) is 3.41. The van der Waals surface area contributed by atoms with E-state index in [0.29, 0.717) is 5.69 Å². The van der Waals surface area contributed by atoms with Gasteiger partial charge in [-0.1, -0.05) is 31.2 Å². The SMILES string of the molecule is CCC(C)(C)NC(=O)c1cc(-c2cccs2)nn1-c1ccccc1. The van der Waals surface area contributed by atoms with Gasteiger partial charge in [-0.2, -0.15) is 5.10 Å². The molecule has 0 bridgehead atoms. The van der Waals surface area contributed by atoms with Gasteiger partial charge in [-0.15, -0.1) is 11.3 Å². The number of rotatable bonds is 5. The quantitative estimate of drug-likeness (QED) is 0.743. The average molecular weight is 339 g/mol. The van der Waals surface area contributed by atoms with Crippen LogP contribution in [0.4, 0.5) is 0 Å². The fourth-order valence-corrected chi connectivity index (χ4v) is 2.99. The third-order valence-electron chi connectivity index (χ3n) is 4.05. The summed E-state index contributed by atoms with van der Waals surface area (Å²) in [5.41, 5.74) is 1.98. The van der Waals surface area contributed by atoms with Crippen molar-refractivity contribution >= 4 is 17.2 Å². The molecule has 0 unspecified atom stereocenters. The lowest BCUT2D eigenvalue weighted by molar-refractivity contribution is 0.0903. The van der Waals surface area contributed by atoms with Crippen molar-refractivity contribution < 1.29 is 4.79 Å². The Morgan fingerprint density at radius 3 is 2.58 bits per heavy atom. The van der Waals surface area contributed by atoms with Crippen molar-refractivity contribution in [1.82, 2.24) is 15.1 Å². The van der Waals surface area contributed by atoms with Crippen LogP contribution in [0.25, 0.3) is 16.3 Å². The van der Waals surface area contributed by atoms with Gasteiger partial charge in [0, 0.05) is 5.54 Å². The van der Waals surface area contributed by atoms with E-state index in [2.05, 4.69) is 17.3 Å². The van der Waals surface area contributed by atoms with Crippen LogP contribution in [0.2, 0.25) is 0 Å². The molecule has 0 saturated heterocycles. The highest BCUT2D eigenvalue weighted by atomic mass is 32.1. The van der Waals surface area contributed by atoms with Gasteiger partial charge in [-0.25, -0.2) is 4.68 Å². The predicted molar refractivity (Wildman–Crippen MR) is 98.7 cm³/mol. The molecule has 1 amide bonds. The van der Waals surface area contributed by atoms with Gasteiger partial charge in [0.25, 0.3) is 5.91 Å². The number of thiophene rings is 1. The third-order valence-corrected chi connectivity index (χ3v) is 4.94. The number of para-hydroxylation sites is 1. The van der Waals surface area contributed by atoms with Crippen molar-refractivity contribution in [2.24, 2.45) is 0 Å². The maximum absolute atomic E-state index is 12.8. The van der Waals surface area contributed by atoms with Crippen LogP contribution in [0.3, 0.4) is 0 Å². The number of hydrogen-bond donors (Lipinski definition) is 1. The lowest BCUT2D eigenvalue weighted by Gasteiger charge is -2.24. The number of amides is 1. The molecular weight excluding hydrogens is 318 g/mol. The number of nitrogens with zero attached hydrogens (tertiary/aromatic N) is 2. The Hall–Kier alpha value is -2.40. The van der Waals surface area contributed by atoms with E-state index < -0.39 is 0 Å². The van der Waals surface area contributed by atoms with Gasteiger partial charge in [0.15, 0.2) is 0 Å². The number of aromatic nitrogens is 2. The number of benzene rings is 1. The van der Waals surface area contributed by atoms with E-state index in [-0.39, 0.29) is 11.4 Å². The normalized spacial score (nSPS) is 11.5. The van der Waals surface area contributed by atoms with Crippen LogP contribution >= 0.6 is 11.3 Å². The number of carbonyl (C=O) groups is 1. The smallest absolute Gasteiger partial charge is 0.270 e. The number of hydrogen-bond acceptors (Lipinski definition) is 3. The van der Waals surface area contributed by atoms with Crippen LogP contribution in [-0.2, 0) is 0 Å². The molecule has 0 atom stereocenters. The second kappa shape index (κ2) is 6.61. The van der Waals surface area contributed by atoms with Crippen molar-refractivity contribution in [2.45, 2.75) is 32.7 Å². The summed E-state index contributed by atoms with van der Waals surface area (Å²) in [6.07, 6.45) is 0.857. The summed E-state index contributed by atoms with van der Waals surface area (Å²) >= 11 is 1.62. The maximum atomic E-state index is 12.8. The van der Waals surface area contributed by atoms with Gasteiger partial charge in [0.05, 0.1) is 10.6 Å². The first kappa shape index (κ1) is 16.5. The van der Waals surface area contributed by atoms with Gasteiger partial charge in [0.2, 0.25) is 0 Å². The zero-order valence-corrected chi connectivity index (χ0v) is 14.9. The lowest BCUT2D eigenvalue weighted by atomic mass is 10.0. The molecule has 24 heavy (non-hydrogen) atoms. The monoisotopic (exact) mass is 339 g/mol. The van der Waals surface area contributed by atoms with Gasteiger partial charge in [-0.05, 0) is 49.9 Å². The van der Waals surface area contributed by atoms with Crippen LogP contribution in [0.5, 0.6) is 0 Å². The van der Waals surface area contributed by atoms with Crippen LogP contribution in [-0.4, -0.2) is 21.2 Å². The molecule has 0 spiro atoms. The number of nitrogens with one attached hydrogen (secondary N) is 1. The highest BCUT2D eigenvalue weighted by Crippen LogP contribution is 2.26. The van der Waals surface area contributed by atoms with Crippen LogP contribution in [0, 0.1) is 0 Å². The molecule has 0 radical (unpaired) electrons. The van der Waals surface area contributed by atoms with E-state index in [9.17, 15) is 4.79 Å². The van der Waals surface area contributed by atoms with Crippen LogP contribution < -0.4 is 5.32 Å². The van der Waals surface area contributed by atoms with Crippen molar-refractivity contribution in [3.05, 3.63) is 59.6 Å². The summed E-state index contributed by atoms with van der Waals surface area (Å²) in [5, 5.41) is 9.77. The summed E-state index contributed by atoms with van der Waals surface area (Å²) < 4.78 is 1.72. The van der Waals surface area contributed by atoms with E-state index in [1.54, 1.807) is 16.0 Å². The molecule has 0 aliphatic rings. The molecule has 2 aromatic heterocycles. The molecule has 0 fully saturated rings. The summed E-state index contributed by atoms with van der Waals surface area (Å²) in [6.45, 7) is 6.11. The summed E-state index contributed by atoms with van der Waals surface area (Å²) in [4.78, 5) is 13.9. The lowest BCUT2D eigenvalue weighted by Crippen LogP contribution is -2.43. The molecular formula is C19H21N3OS. The topological polar surface area (TPSA) is 46.9 Å². The molecule has 0 aliphatic heterocycles. The molecule has 0 aliphatic carbocycles. The number of carbonyl (C=O) groups excluding carboxylic acids is 1. The van der Waals surface area contributed by atoms with Gasteiger partial charge >= 0.3 is 0 Å². The van der Waals surface area contributed by atoms with Gasteiger partial charge < -0.3 is 5.32 Å². The Morgan fingerprint density at radius 1 is 1.21 bits per heavy atom. The van der Waals surface area contributed by atoms with Crippen molar-refractivity contribution in [3.8, 4) is 16.3 Å². The Bertz CT molecular complexity index is 820. The van der Waals surface area contributed by atoms with E-state index in [0.717, 1.165) is 22.7 Å². The molecule has 1 aromatic carbocycles. The molecule has 124 valence electrons. The Labute approximate surface area is 146 Å². The zero-order valence-electron chi connectivity index (χ0n) is 14.1.